The molecule has 0 aliphatic carbocycles. The van der Waals surface area contributed by atoms with Crippen LogP contribution in [0.25, 0.3) is 16.8 Å². The number of fused-ring (bicyclic) bond motifs is 1. The van der Waals surface area contributed by atoms with Crippen LogP contribution in [-0.4, -0.2) is 31.3 Å². The van der Waals surface area contributed by atoms with Crippen molar-refractivity contribution in [3.05, 3.63) is 47.8 Å². The highest BCUT2D eigenvalue weighted by Gasteiger charge is 2.38. The second kappa shape index (κ2) is 7.14. The molecule has 0 atom stereocenters. The zero-order valence-electron chi connectivity index (χ0n) is 14.2. The number of hydrogen-bond acceptors (Lipinski definition) is 4. The van der Waals surface area contributed by atoms with Crippen molar-refractivity contribution >= 4 is 22.8 Å². The lowest BCUT2D eigenvalue weighted by Crippen LogP contribution is -2.36. The number of aromatic nitrogens is 1. The van der Waals surface area contributed by atoms with Crippen LogP contribution < -0.4 is 0 Å². The van der Waals surface area contributed by atoms with Crippen LogP contribution in [0, 0.1) is 5.41 Å². The molecule has 0 unspecified atom stereocenters. The van der Waals surface area contributed by atoms with Crippen LogP contribution in [0.15, 0.2) is 36.5 Å². The predicted octanol–water partition coefficient (Wildman–Crippen LogP) is 3.78. The van der Waals surface area contributed by atoms with Crippen molar-refractivity contribution in [1.82, 2.24) is 4.98 Å². The number of ether oxygens (including phenoxy) is 2. The number of carbonyl (C=O) groups is 1. The van der Waals surface area contributed by atoms with Gasteiger partial charge in [-0.2, -0.15) is 0 Å². The van der Waals surface area contributed by atoms with Gasteiger partial charge in [0.2, 0.25) is 0 Å². The van der Waals surface area contributed by atoms with E-state index < -0.39 is 5.41 Å². The number of aryl methyl sites for hydroxylation is 1. The summed E-state index contributed by atoms with van der Waals surface area (Å²) in [7, 11) is 1.44. The third kappa shape index (κ3) is 3.34. The first-order chi connectivity index (χ1) is 11.7. The fourth-order valence-electron chi connectivity index (χ4n) is 3.14. The van der Waals surface area contributed by atoms with Crippen molar-refractivity contribution in [2.24, 2.45) is 5.41 Å². The summed E-state index contributed by atoms with van der Waals surface area (Å²) in [6.07, 6.45) is 8.05. The molecule has 0 N–H and O–H groups in total. The lowest BCUT2D eigenvalue weighted by atomic mass is 9.79. The number of hydrogen-bond donors (Lipinski definition) is 0. The molecule has 1 aliphatic heterocycles. The maximum absolute atomic E-state index is 12.3. The smallest absolute Gasteiger partial charge is 0.315 e. The molecule has 1 fully saturated rings. The van der Waals surface area contributed by atoms with Crippen LogP contribution in [0.1, 0.15) is 31.0 Å². The summed E-state index contributed by atoms with van der Waals surface area (Å²) in [5.74, 6) is -0.198. The van der Waals surface area contributed by atoms with E-state index in [1.165, 1.54) is 18.1 Å². The number of nitrogens with zero attached hydrogens (tertiary/aromatic N) is 1. The van der Waals surface area contributed by atoms with Crippen LogP contribution in [0.3, 0.4) is 0 Å². The Bertz CT molecular complexity index is 761. The number of carbonyl (C=O) groups excluding carboxylic acids is 1. The van der Waals surface area contributed by atoms with Gasteiger partial charge in [-0.05, 0) is 42.4 Å². The minimum Gasteiger partial charge on any atom is -0.468 e. The Morgan fingerprint density at radius 2 is 2.08 bits per heavy atom. The monoisotopic (exact) mass is 325 g/mol. The van der Waals surface area contributed by atoms with E-state index in [4.69, 9.17) is 9.47 Å². The van der Waals surface area contributed by atoms with Crippen LogP contribution >= 0.6 is 0 Å². The van der Waals surface area contributed by atoms with Gasteiger partial charge in [-0.3, -0.25) is 9.78 Å². The second-order valence-electron chi connectivity index (χ2n) is 6.24. The zero-order valence-corrected chi connectivity index (χ0v) is 14.2. The van der Waals surface area contributed by atoms with Gasteiger partial charge in [-0.25, -0.2) is 0 Å². The van der Waals surface area contributed by atoms with Gasteiger partial charge in [0.25, 0.3) is 0 Å². The Labute approximate surface area is 142 Å². The molecule has 1 saturated heterocycles. The lowest BCUT2D eigenvalue weighted by molar-refractivity contribution is -0.154. The van der Waals surface area contributed by atoms with Crippen LogP contribution in [0.4, 0.5) is 0 Å². The number of pyridine rings is 1. The molecular formula is C20H23NO3. The van der Waals surface area contributed by atoms with Gasteiger partial charge in [-0.1, -0.05) is 31.2 Å². The van der Waals surface area contributed by atoms with Crippen molar-refractivity contribution in [2.75, 3.05) is 20.3 Å². The van der Waals surface area contributed by atoms with Gasteiger partial charge in [0.15, 0.2) is 0 Å². The highest BCUT2D eigenvalue weighted by atomic mass is 16.5. The average molecular weight is 325 g/mol. The molecule has 2 heterocycles. The van der Waals surface area contributed by atoms with Crippen molar-refractivity contribution in [1.29, 1.82) is 0 Å². The Hall–Kier alpha value is -2.20. The van der Waals surface area contributed by atoms with Gasteiger partial charge in [0.05, 0.1) is 18.2 Å². The summed E-state index contributed by atoms with van der Waals surface area (Å²) in [6, 6.07) is 8.49. The summed E-state index contributed by atoms with van der Waals surface area (Å²) in [6.45, 7) is 3.29. The SMILES string of the molecule is CCc1ccc2cnc(/C=C/C3(C(=O)OC)CCOCC3)cc2c1. The molecule has 126 valence electrons. The fourth-order valence-corrected chi connectivity index (χ4v) is 3.14. The van der Waals surface area contributed by atoms with E-state index in [1.54, 1.807) is 0 Å². The molecule has 24 heavy (non-hydrogen) atoms. The predicted molar refractivity (Wildman–Crippen MR) is 94.7 cm³/mol. The summed E-state index contributed by atoms with van der Waals surface area (Å²) in [5, 5.41) is 2.29. The normalized spacial score (nSPS) is 17.2. The Morgan fingerprint density at radius 3 is 2.79 bits per heavy atom. The maximum atomic E-state index is 12.3. The molecule has 0 amide bonds. The molecule has 0 bridgehead atoms. The average Bonchev–Trinajstić information content (AvgIpc) is 2.65. The molecule has 3 rings (SSSR count). The molecule has 0 saturated carbocycles. The minimum absolute atomic E-state index is 0.198. The molecule has 1 aromatic carbocycles. The Morgan fingerprint density at radius 1 is 1.29 bits per heavy atom. The van der Waals surface area contributed by atoms with Gasteiger partial charge >= 0.3 is 5.97 Å². The van der Waals surface area contributed by atoms with Gasteiger partial charge < -0.3 is 9.47 Å². The van der Waals surface area contributed by atoms with E-state index >= 15 is 0 Å². The van der Waals surface area contributed by atoms with Gasteiger partial charge in [0.1, 0.15) is 0 Å². The highest BCUT2D eigenvalue weighted by Crippen LogP contribution is 2.34. The summed E-state index contributed by atoms with van der Waals surface area (Å²) in [5.41, 5.74) is 1.55. The zero-order chi connectivity index (χ0) is 17.0. The lowest BCUT2D eigenvalue weighted by Gasteiger charge is -2.31. The summed E-state index contributed by atoms with van der Waals surface area (Å²) >= 11 is 0. The Kier molecular flexibility index (Phi) is 4.95. The first kappa shape index (κ1) is 16.7. The number of esters is 1. The quantitative estimate of drug-likeness (QED) is 0.803. The molecule has 1 aliphatic rings. The number of methoxy groups -OCH3 is 1. The van der Waals surface area contributed by atoms with E-state index in [9.17, 15) is 4.79 Å². The highest BCUT2D eigenvalue weighted by molar-refractivity contribution is 5.84. The first-order valence-corrected chi connectivity index (χ1v) is 8.41. The van der Waals surface area contributed by atoms with Crippen LogP contribution in [-0.2, 0) is 20.7 Å². The third-order valence-electron chi connectivity index (χ3n) is 4.77. The van der Waals surface area contributed by atoms with E-state index in [-0.39, 0.29) is 5.97 Å². The largest absolute Gasteiger partial charge is 0.468 e. The summed E-state index contributed by atoms with van der Waals surface area (Å²) < 4.78 is 10.4. The second-order valence-corrected chi connectivity index (χ2v) is 6.24. The van der Waals surface area contributed by atoms with E-state index in [2.05, 4.69) is 36.2 Å². The molecule has 1 aromatic heterocycles. The van der Waals surface area contributed by atoms with E-state index in [1.807, 2.05) is 18.3 Å². The number of benzene rings is 1. The van der Waals surface area contributed by atoms with Crippen molar-refractivity contribution in [3.8, 4) is 0 Å². The van der Waals surface area contributed by atoms with Crippen LogP contribution in [0.5, 0.6) is 0 Å². The molecule has 0 spiro atoms. The van der Waals surface area contributed by atoms with Crippen molar-refractivity contribution in [2.45, 2.75) is 26.2 Å². The minimum atomic E-state index is -0.602. The molecule has 0 radical (unpaired) electrons. The molecule has 4 heteroatoms. The fraction of sp³-hybridized carbons (Fsp3) is 0.400. The maximum Gasteiger partial charge on any atom is 0.315 e. The topological polar surface area (TPSA) is 48.4 Å². The van der Waals surface area contributed by atoms with Crippen molar-refractivity contribution in [3.63, 3.8) is 0 Å². The standard InChI is InChI=1S/C20H23NO3/c1-3-15-4-5-16-14-21-18(13-17(16)12-15)6-7-20(19(22)23-2)8-10-24-11-9-20/h4-7,12-14H,3,8-11H2,1-2H3/b7-6+. The summed E-state index contributed by atoms with van der Waals surface area (Å²) in [4.78, 5) is 16.7. The van der Waals surface area contributed by atoms with E-state index in [0.717, 1.165) is 17.5 Å². The van der Waals surface area contributed by atoms with Crippen molar-refractivity contribution < 1.29 is 14.3 Å². The molecule has 2 aromatic rings. The number of rotatable bonds is 4. The third-order valence-corrected chi connectivity index (χ3v) is 4.77. The first-order valence-electron chi connectivity index (χ1n) is 8.41. The van der Waals surface area contributed by atoms with Gasteiger partial charge in [0, 0.05) is 24.8 Å². The Balaban J connectivity index is 1.91. The molecule has 4 nitrogen and oxygen atoms in total. The van der Waals surface area contributed by atoms with Crippen LogP contribution in [0.2, 0.25) is 0 Å². The van der Waals surface area contributed by atoms with E-state index in [0.29, 0.717) is 26.1 Å². The molecular weight excluding hydrogens is 302 g/mol. The van der Waals surface area contributed by atoms with Gasteiger partial charge in [-0.15, -0.1) is 0 Å².